The number of hydrogen-bond acceptors (Lipinski definition) is 6. The Bertz CT molecular complexity index is 472. The van der Waals surface area contributed by atoms with Crippen molar-refractivity contribution >= 4 is 19.4 Å². The molecule has 0 radical (unpaired) electrons. The lowest BCUT2D eigenvalue weighted by Gasteiger charge is -2.18. The largest absolute Gasteiger partial charge is 0.336 e. The first-order valence-electron chi connectivity index (χ1n) is 6.22. The Morgan fingerprint density at radius 2 is 1.74 bits per heavy atom. The topological polar surface area (TPSA) is 61.3 Å². The van der Waals surface area contributed by atoms with Crippen LogP contribution in [0.15, 0.2) is 4.90 Å². The fourth-order valence-corrected chi connectivity index (χ4v) is 4.26. The van der Waals surface area contributed by atoms with Crippen molar-refractivity contribution in [2.45, 2.75) is 38.8 Å². The van der Waals surface area contributed by atoms with E-state index in [9.17, 15) is 4.57 Å². The Morgan fingerprint density at radius 3 is 2.21 bits per heavy atom. The van der Waals surface area contributed by atoms with E-state index < -0.39 is 7.60 Å². The van der Waals surface area contributed by atoms with Gasteiger partial charge in [-0.2, -0.15) is 10.2 Å². The van der Waals surface area contributed by atoms with E-state index in [0.29, 0.717) is 18.9 Å². The molecule has 7 heteroatoms. The molecule has 19 heavy (non-hydrogen) atoms. The molecule has 0 saturated carbocycles. The molecule has 0 amide bonds. The van der Waals surface area contributed by atoms with Crippen LogP contribution in [0.1, 0.15) is 30.8 Å². The van der Waals surface area contributed by atoms with Crippen molar-refractivity contribution in [2.75, 3.05) is 19.5 Å². The minimum Gasteiger partial charge on any atom is -0.309 e. The van der Waals surface area contributed by atoms with Crippen LogP contribution in [0, 0.1) is 13.8 Å². The maximum atomic E-state index is 12.5. The predicted octanol–water partition coefficient (Wildman–Crippen LogP) is 3.58. The molecule has 1 rings (SSSR count). The summed E-state index contributed by atoms with van der Waals surface area (Å²) in [5.41, 5.74) is 2.63. The molecule has 0 aliphatic rings. The van der Waals surface area contributed by atoms with Gasteiger partial charge in [0.15, 0.2) is 0 Å². The van der Waals surface area contributed by atoms with Crippen molar-refractivity contribution in [3.05, 3.63) is 17.0 Å². The second kappa shape index (κ2) is 7.39. The Kier molecular flexibility index (Phi) is 6.47. The first-order chi connectivity index (χ1) is 8.97. The number of rotatable bonds is 7. The highest BCUT2D eigenvalue weighted by Gasteiger charge is 2.27. The average Bonchev–Trinajstić information content (AvgIpc) is 2.35. The third-order valence-corrected chi connectivity index (χ3v) is 5.61. The Morgan fingerprint density at radius 1 is 1.16 bits per heavy atom. The lowest BCUT2D eigenvalue weighted by molar-refractivity contribution is 0.218. The summed E-state index contributed by atoms with van der Waals surface area (Å²) in [6.07, 6.45) is 2.14. The van der Waals surface area contributed by atoms with Crippen LogP contribution in [0.5, 0.6) is 0 Å². The summed E-state index contributed by atoms with van der Waals surface area (Å²) in [7, 11) is -3.13. The van der Waals surface area contributed by atoms with Gasteiger partial charge in [-0.15, -0.1) is 11.8 Å². The smallest absolute Gasteiger partial charge is 0.309 e. The molecule has 0 fully saturated rings. The van der Waals surface area contributed by atoms with E-state index in [2.05, 4.69) is 10.2 Å². The summed E-state index contributed by atoms with van der Waals surface area (Å²) >= 11 is 1.58. The monoisotopic (exact) mass is 304 g/mol. The molecule has 5 nitrogen and oxygen atoms in total. The minimum absolute atomic E-state index is 0.166. The van der Waals surface area contributed by atoms with Crippen LogP contribution < -0.4 is 0 Å². The zero-order valence-corrected chi connectivity index (χ0v) is 13.8. The molecular formula is C12H21N2O3PS. The van der Waals surface area contributed by atoms with E-state index >= 15 is 0 Å². The first kappa shape index (κ1) is 16.6. The van der Waals surface area contributed by atoms with E-state index in [4.69, 9.17) is 9.05 Å². The van der Waals surface area contributed by atoms with Gasteiger partial charge in [-0.1, -0.05) is 0 Å². The molecule has 0 N–H and O–H groups in total. The highest BCUT2D eigenvalue weighted by atomic mass is 32.2. The molecule has 0 atom stereocenters. The summed E-state index contributed by atoms with van der Waals surface area (Å²) in [4.78, 5) is 1.01. The zero-order chi connectivity index (χ0) is 14.5. The van der Waals surface area contributed by atoms with Crippen LogP contribution >= 0.6 is 19.4 Å². The van der Waals surface area contributed by atoms with Gasteiger partial charge < -0.3 is 9.05 Å². The van der Waals surface area contributed by atoms with Crippen LogP contribution in [-0.4, -0.2) is 29.7 Å². The summed E-state index contributed by atoms with van der Waals surface area (Å²) in [6, 6.07) is 0. The lowest BCUT2D eigenvalue weighted by Crippen LogP contribution is -2.05. The van der Waals surface area contributed by atoms with E-state index in [-0.39, 0.29) is 6.16 Å². The van der Waals surface area contributed by atoms with Gasteiger partial charge >= 0.3 is 7.60 Å². The predicted molar refractivity (Wildman–Crippen MR) is 77.8 cm³/mol. The third-order valence-electron chi connectivity index (χ3n) is 2.67. The first-order valence-corrected chi connectivity index (χ1v) is 9.17. The molecule has 0 spiro atoms. The van der Waals surface area contributed by atoms with Crippen LogP contribution in [0.3, 0.4) is 0 Å². The molecular weight excluding hydrogens is 283 g/mol. The van der Waals surface area contributed by atoms with Crippen molar-refractivity contribution in [3.63, 3.8) is 0 Å². The highest BCUT2D eigenvalue weighted by molar-refractivity contribution is 7.98. The highest BCUT2D eigenvalue weighted by Crippen LogP contribution is 2.52. The lowest BCUT2D eigenvalue weighted by atomic mass is 10.2. The molecule has 0 unspecified atom stereocenters. The van der Waals surface area contributed by atoms with Gasteiger partial charge in [-0.25, -0.2) is 0 Å². The van der Waals surface area contributed by atoms with E-state index in [1.54, 1.807) is 25.6 Å². The summed E-state index contributed by atoms with van der Waals surface area (Å²) in [5.74, 6) is 0. The summed E-state index contributed by atoms with van der Waals surface area (Å²) < 4.78 is 23.1. The maximum Gasteiger partial charge on any atom is 0.336 e. The summed E-state index contributed by atoms with van der Waals surface area (Å²) in [6.45, 7) is 8.21. The van der Waals surface area contributed by atoms with E-state index in [1.165, 1.54) is 0 Å². The second-order valence-corrected chi connectivity index (χ2v) is 6.87. The molecule has 1 aromatic rings. The van der Waals surface area contributed by atoms with Crippen LogP contribution in [-0.2, 0) is 19.8 Å². The van der Waals surface area contributed by atoms with Crippen LogP contribution in [0.4, 0.5) is 0 Å². The molecule has 0 aromatic carbocycles. The SMILES string of the molecule is CCOP(=O)(Cc1nnc(C)c(C)c1SC)OCC. The van der Waals surface area contributed by atoms with Gasteiger partial charge in [0.25, 0.3) is 0 Å². The average molecular weight is 304 g/mol. The van der Waals surface area contributed by atoms with Crippen molar-refractivity contribution < 1.29 is 13.6 Å². The van der Waals surface area contributed by atoms with Gasteiger partial charge in [-0.3, -0.25) is 4.57 Å². The molecule has 0 aliphatic heterocycles. The number of hydrogen-bond donors (Lipinski definition) is 0. The molecule has 108 valence electrons. The molecule has 0 aliphatic carbocycles. The molecule has 0 saturated heterocycles. The van der Waals surface area contributed by atoms with Crippen LogP contribution in [0.25, 0.3) is 0 Å². The van der Waals surface area contributed by atoms with E-state index in [0.717, 1.165) is 16.2 Å². The van der Waals surface area contributed by atoms with Gasteiger partial charge in [0.05, 0.1) is 30.8 Å². The fourth-order valence-electron chi connectivity index (χ4n) is 1.72. The standard InChI is InChI=1S/C12H21N2O3PS/c1-6-16-18(15,17-7-2)8-11-12(19-5)9(3)10(4)13-14-11/h6-8H2,1-5H3. The van der Waals surface area contributed by atoms with Crippen molar-refractivity contribution in [2.24, 2.45) is 0 Å². The van der Waals surface area contributed by atoms with Crippen molar-refractivity contribution in [3.8, 4) is 0 Å². The van der Waals surface area contributed by atoms with Gasteiger partial charge in [0.2, 0.25) is 0 Å². The number of aryl methyl sites for hydroxylation is 1. The Hall–Kier alpha value is -0.420. The van der Waals surface area contributed by atoms with Gasteiger partial charge in [0.1, 0.15) is 0 Å². The van der Waals surface area contributed by atoms with Crippen molar-refractivity contribution in [1.82, 2.24) is 10.2 Å². The third kappa shape index (κ3) is 4.28. The molecule has 0 bridgehead atoms. The maximum absolute atomic E-state index is 12.5. The van der Waals surface area contributed by atoms with Crippen LogP contribution in [0.2, 0.25) is 0 Å². The quantitative estimate of drug-likeness (QED) is 0.567. The zero-order valence-electron chi connectivity index (χ0n) is 12.1. The minimum atomic E-state index is -3.13. The number of aromatic nitrogens is 2. The Labute approximate surface area is 119 Å². The van der Waals surface area contributed by atoms with Gasteiger partial charge in [0, 0.05) is 4.90 Å². The number of nitrogens with zero attached hydrogens (tertiary/aromatic N) is 2. The molecule has 1 aromatic heterocycles. The van der Waals surface area contributed by atoms with E-state index in [1.807, 2.05) is 20.1 Å². The van der Waals surface area contributed by atoms with Gasteiger partial charge in [-0.05, 0) is 39.5 Å². The fraction of sp³-hybridized carbons (Fsp3) is 0.667. The van der Waals surface area contributed by atoms with Crippen molar-refractivity contribution in [1.29, 1.82) is 0 Å². The summed E-state index contributed by atoms with van der Waals surface area (Å²) in [5, 5.41) is 8.25. The Balaban J connectivity index is 3.09. The second-order valence-electron chi connectivity index (χ2n) is 3.99. The number of thioether (sulfide) groups is 1. The molecule has 1 heterocycles. The normalized spacial score (nSPS) is 11.8.